The molecule has 3 heteroatoms. The standard InChI is InChI=1S/C14H11BrN2/c15-12-5-6-14(17-9-12)11-7-10-3-1-2-4-13(10)16-8-11/h1-7,9,16H,8H2. The van der Waals surface area contributed by atoms with Gasteiger partial charge >= 0.3 is 0 Å². The Morgan fingerprint density at radius 2 is 2.00 bits per heavy atom. The van der Waals surface area contributed by atoms with Crippen molar-refractivity contribution >= 4 is 33.3 Å². The molecule has 0 saturated carbocycles. The van der Waals surface area contributed by atoms with Crippen LogP contribution in [-0.2, 0) is 0 Å². The Balaban J connectivity index is 2.01. The number of nitrogens with one attached hydrogen (secondary N) is 1. The fourth-order valence-corrected chi connectivity index (χ4v) is 2.18. The number of fused-ring (bicyclic) bond motifs is 1. The third kappa shape index (κ3) is 2.11. The minimum atomic E-state index is 0.825. The molecule has 3 rings (SSSR count). The number of pyridine rings is 1. The van der Waals surface area contributed by atoms with E-state index >= 15 is 0 Å². The lowest BCUT2D eigenvalue weighted by Gasteiger charge is -2.18. The van der Waals surface area contributed by atoms with Crippen LogP contribution in [0, 0.1) is 0 Å². The van der Waals surface area contributed by atoms with Crippen molar-refractivity contribution in [3.63, 3.8) is 0 Å². The molecule has 0 bridgehead atoms. The van der Waals surface area contributed by atoms with Crippen LogP contribution in [0.3, 0.4) is 0 Å². The van der Waals surface area contributed by atoms with E-state index in [0.29, 0.717) is 0 Å². The van der Waals surface area contributed by atoms with E-state index in [1.54, 1.807) is 0 Å². The maximum absolute atomic E-state index is 4.42. The maximum atomic E-state index is 4.42. The molecule has 17 heavy (non-hydrogen) atoms. The summed E-state index contributed by atoms with van der Waals surface area (Å²) in [5.41, 5.74) is 4.65. The molecular weight excluding hydrogens is 276 g/mol. The lowest BCUT2D eigenvalue weighted by Crippen LogP contribution is -2.10. The van der Waals surface area contributed by atoms with E-state index in [2.05, 4.69) is 50.5 Å². The van der Waals surface area contributed by atoms with Gasteiger partial charge in [0.15, 0.2) is 0 Å². The predicted octanol–water partition coefficient (Wildman–Crippen LogP) is 3.81. The second-order valence-electron chi connectivity index (χ2n) is 3.97. The van der Waals surface area contributed by atoms with E-state index in [0.717, 1.165) is 16.7 Å². The molecule has 1 aliphatic rings. The van der Waals surface area contributed by atoms with Gasteiger partial charge in [-0.2, -0.15) is 0 Å². The third-order valence-corrected chi connectivity index (χ3v) is 3.29. The van der Waals surface area contributed by atoms with Crippen LogP contribution < -0.4 is 5.32 Å². The second-order valence-corrected chi connectivity index (χ2v) is 4.89. The highest BCUT2D eigenvalue weighted by molar-refractivity contribution is 9.10. The molecule has 2 nitrogen and oxygen atoms in total. The van der Waals surface area contributed by atoms with Gasteiger partial charge < -0.3 is 5.32 Å². The molecule has 2 aromatic rings. The zero-order chi connectivity index (χ0) is 11.7. The second kappa shape index (κ2) is 4.34. The summed E-state index contributed by atoms with van der Waals surface area (Å²) < 4.78 is 1.01. The van der Waals surface area contributed by atoms with Crippen molar-refractivity contribution in [2.45, 2.75) is 0 Å². The Kier molecular flexibility index (Phi) is 2.69. The van der Waals surface area contributed by atoms with Crippen molar-refractivity contribution in [3.05, 3.63) is 58.3 Å². The minimum Gasteiger partial charge on any atom is -0.380 e. The lowest BCUT2D eigenvalue weighted by atomic mass is 10.0. The largest absolute Gasteiger partial charge is 0.380 e. The van der Waals surface area contributed by atoms with E-state index in [4.69, 9.17) is 0 Å². The average Bonchev–Trinajstić information content (AvgIpc) is 2.39. The monoisotopic (exact) mass is 286 g/mol. The van der Waals surface area contributed by atoms with Crippen molar-refractivity contribution in [1.29, 1.82) is 0 Å². The van der Waals surface area contributed by atoms with Gasteiger partial charge in [-0.15, -0.1) is 0 Å². The third-order valence-electron chi connectivity index (χ3n) is 2.82. The van der Waals surface area contributed by atoms with E-state index in [-0.39, 0.29) is 0 Å². The highest BCUT2D eigenvalue weighted by Gasteiger charge is 2.10. The Morgan fingerprint density at radius 1 is 1.12 bits per heavy atom. The van der Waals surface area contributed by atoms with Gasteiger partial charge in [-0.25, -0.2) is 0 Å². The van der Waals surface area contributed by atoms with Crippen LogP contribution in [0.1, 0.15) is 11.3 Å². The maximum Gasteiger partial charge on any atom is 0.0680 e. The number of rotatable bonds is 1. The average molecular weight is 287 g/mol. The summed E-state index contributed by atoms with van der Waals surface area (Å²) in [5, 5.41) is 3.41. The molecule has 1 N–H and O–H groups in total. The Hall–Kier alpha value is -1.61. The van der Waals surface area contributed by atoms with E-state index in [9.17, 15) is 0 Å². The van der Waals surface area contributed by atoms with Crippen molar-refractivity contribution in [1.82, 2.24) is 4.98 Å². The SMILES string of the molecule is Brc1ccc(C2=Cc3ccccc3NC2)nc1. The molecule has 1 aromatic heterocycles. The number of aromatic nitrogens is 1. The van der Waals surface area contributed by atoms with Gasteiger partial charge in [0.1, 0.15) is 0 Å². The van der Waals surface area contributed by atoms with Gasteiger partial charge in [-0.1, -0.05) is 18.2 Å². The highest BCUT2D eigenvalue weighted by Crippen LogP contribution is 2.27. The first-order chi connectivity index (χ1) is 8.33. The van der Waals surface area contributed by atoms with Gasteiger partial charge in [0.05, 0.1) is 5.69 Å². The Morgan fingerprint density at radius 3 is 2.82 bits per heavy atom. The normalized spacial score (nSPS) is 13.6. The molecule has 1 aromatic carbocycles. The molecule has 0 saturated heterocycles. The summed E-state index contributed by atoms with van der Waals surface area (Å²) in [6.07, 6.45) is 4.03. The summed E-state index contributed by atoms with van der Waals surface area (Å²) in [7, 11) is 0. The lowest BCUT2D eigenvalue weighted by molar-refractivity contribution is 1.21. The topological polar surface area (TPSA) is 24.9 Å². The van der Waals surface area contributed by atoms with Crippen molar-refractivity contribution in [2.24, 2.45) is 0 Å². The van der Waals surface area contributed by atoms with Crippen LogP contribution in [0.15, 0.2) is 47.1 Å². The summed E-state index contributed by atoms with van der Waals surface area (Å²) in [6, 6.07) is 12.4. The summed E-state index contributed by atoms with van der Waals surface area (Å²) in [6.45, 7) is 0.825. The minimum absolute atomic E-state index is 0.825. The highest BCUT2D eigenvalue weighted by atomic mass is 79.9. The number of hydrogen-bond acceptors (Lipinski definition) is 2. The number of nitrogens with zero attached hydrogens (tertiary/aromatic N) is 1. The van der Waals surface area contributed by atoms with Crippen LogP contribution in [-0.4, -0.2) is 11.5 Å². The number of benzene rings is 1. The van der Waals surface area contributed by atoms with Crippen LogP contribution in [0.4, 0.5) is 5.69 Å². The quantitative estimate of drug-likeness (QED) is 0.862. The van der Waals surface area contributed by atoms with Gasteiger partial charge in [-0.3, -0.25) is 4.98 Å². The molecule has 0 spiro atoms. The van der Waals surface area contributed by atoms with Gasteiger partial charge in [-0.05, 0) is 51.3 Å². The fourth-order valence-electron chi connectivity index (χ4n) is 1.94. The molecule has 0 amide bonds. The number of anilines is 1. The molecule has 2 heterocycles. The Bertz CT molecular complexity index is 573. The summed E-state index contributed by atoms with van der Waals surface area (Å²) >= 11 is 3.40. The first-order valence-electron chi connectivity index (χ1n) is 5.48. The van der Waals surface area contributed by atoms with E-state index in [1.165, 1.54) is 16.8 Å². The van der Waals surface area contributed by atoms with Crippen LogP contribution in [0.5, 0.6) is 0 Å². The van der Waals surface area contributed by atoms with Crippen molar-refractivity contribution < 1.29 is 0 Å². The number of para-hydroxylation sites is 1. The zero-order valence-corrected chi connectivity index (χ0v) is 10.7. The number of hydrogen-bond donors (Lipinski definition) is 1. The van der Waals surface area contributed by atoms with Crippen LogP contribution >= 0.6 is 15.9 Å². The predicted molar refractivity (Wildman–Crippen MR) is 74.7 cm³/mol. The van der Waals surface area contributed by atoms with Crippen molar-refractivity contribution in [3.8, 4) is 0 Å². The zero-order valence-electron chi connectivity index (χ0n) is 9.15. The molecule has 0 radical (unpaired) electrons. The smallest absolute Gasteiger partial charge is 0.0680 e. The summed E-state index contributed by atoms with van der Waals surface area (Å²) in [5.74, 6) is 0. The van der Waals surface area contributed by atoms with Crippen molar-refractivity contribution in [2.75, 3.05) is 11.9 Å². The molecule has 0 fully saturated rings. The molecule has 1 aliphatic heterocycles. The van der Waals surface area contributed by atoms with E-state index in [1.807, 2.05) is 24.4 Å². The van der Waals surface area contributed by atoms with Crippen LogP contribution in [0.2, 0.25) is 0 Å². The molecule has 0 atom stereocenters. The van der Waals surface area contributed by atoms with E-state index < -0.39 is 0 Å². The van der Waals surface area contributed by atoms with Gasteiger partial charge in [0.2, 0.25) is 0 Å². The number of halogens is 1. The molecular formula is C14H11BrN2. The fraction of sp³-hybridized carbons (Fsp3) is 0.0714. The summed E-state index contributed by atoms with van der Waals surface area (Å²) in [4.78, 5) is 4.42. The molecule has 0 unspecified atom stereocenters. The molecule has 0 aliphatic carbocycles. The first-order valence-corrected chi connectivity index (χ1v) is 6.27. The van der Waals surface area contributed by atoms with Crippen LogP contribution in [0.25, 0.3) is 11.6 Å². The van der Waals surface area contributed by atoms with Gasteiger partial charge in [0, 0.05) is 22.9 Å². The molecule has 84 valence electrons. The first kappa shape index (κ1) is 10.5. The Labute approximate surface area is 109 Å². The van der Waals surface area contributed by atoms with Gasteiger partial charge in [0.25, 0.3) is 0 Å².